The SMILES string of the molecule is CCc1ccc(OCc2cc(Br)ccc2NC(=O)OC(F)F)c(C)c1. The summed E-state index contributed by atoms with van der Waals surface area (Å²) in [5.74, 6) is 0.721. The monoisotopic (exact) mass is 413 g/mol. The number of hydrogen-bond acceptors (Lipinski definition) is 3. The molecule has 2 aromatic rings. The highest BCUT2D eigenvalue weighted by molar-refractivity contribution is 9.10. The zero-order valence-corrected chi connectivity index (χ0v) is 15.4. The van der Waals surface area contributed by atoms with Gasteiger partial charge in [-0.1, -0.05) is 35.0 Å². The smallest absolute Gasteiger partial charge is 0.416 e. The van der Waals surface area contributed by atoms with Gasteiger partial charge in [0, 0.05) is 10.0 Å². The summed E-state index contributed by atoms with van der Waals surface area (Å²) in [5.41, 5.74) is 3.18. The number of carbonyl (C=O) groups excluding carboxylic acids is 1. The van der Waals surface area contributed by atoms with Gasteiger partial charge in [-0.05, 0) is 48.7 Å². The normalized spacial score (nSPS) is 10.6. The molecule has 0 fully saturated rings. The molecule has 4 nitrogen and oxygen atoms in total. The Morgan fingerprint density at radius 1 is 1.24 bits per heavy atom. The molecule has 0 bridgehead atoms. The number of halogens is 3. The predicted molar refractivity (Wildman–Crippen MR) is 95.1 cm³/mol. The van der Waals surface area contributed by atoms with Crippen molar-refractivity contribution in [3.8, 4) is 5.75 Å². The van der Waals surface area contributed by atoms with Crippen molar-refractivity contribution in [3.63, 3.8) is 0 Å². The Hall–Kier alpha value is -2.15. The number of rotatable bonds is 6. The first kappa shape index (κ1) is 19.2. The van der Waals surface area contributed by atoms with Gasteiger partial charge in [-0.25, -0.2) is 4.79 Å². The average Bonchev–Trinajstić information content (AvgIpc) is 2.55. The maximum Gasteiger partial charge on any atom is 0.416 e. The molecule has 2 aromatic carbocycles. The van der Waals surface area contributed by atoms with Crippen molar-refractivity contribution in [1.82, 2.24) is 0 Å². The lowest BCUT2D eigenvalue weighted by molar-refractivity contribution is -0.0766. The van der Waals surface area contributed by atoms with Crippen molar-refractivity contribution < 1.29 is 23.0 Å². The number of benzene rings is 2. The second-order valence-electron chi connectivity index (χ2n) is 5.33. The van der Waals surface area contributed by atoms with Crippen LogP contribution in [0.5, 0.6) is 5.75 Å². The maximum absolute atomic E-state index is 12.1. The molecule has 134 valence electrons. The first-order valence-corrected chi connectivity index (χ1v) is 8.45. The molecule has 0 heterocycles. The molecule has 0 saturated heterocycles. The van der Waals surface area contributed by atoms with Crippen LogP contribution < -0.4 is 10.1 Å². The summed E-state index contributed by atoms with van der Waals surface area (Å²) in [5, 5.41) is 2.30. The summed E-state index contributed by atoms with van der Waals surface area (Å²) >= 11 is 3.34. The Morgan fingerprint density at radius 2 is 2.00 bits per heavy atom. The molecule has 7 heteroatoms. The van der Waals surface area contributed by atoms with Crippen molar-refractivity contribution >= 4 is 27.7 Å². The van der Waals surface area contributed by atoms with Crippen LogP contribution >= 0.6 is 15.9 Å². The molecule has 0 atom stereocenters. The molecule has 0 saturated carbocycles. The van der Waals surface area contributed by atoms with Crippen molar-refractivity contribution in [1.29, 1.82) is 0 Å². The Balaban J connectivity index is 2.13. The zero-order chi connectivity index (χ0) is 18.4. The van der Waals surface area contributed by atoms with Crippen LogP contribution in [0.3, 0.4) is 0 Å². The van der Waals surface area contributed by atoms with Crippen LogP contribution in [0.2, 0.25) is 0 Å². The van der Waals surface area contributed by atoms with Crippen LogP contribution in [0, 0.1) is 6.92 Å². The van der Waals surface area contributed by atoms with Crippen molar-refractivity contribution in [3.05, 3.63) is 57.6 Å². The van der Waals surface area contributed by atoms with Crippen molar-refractivity contribution in [2.45, 2.75) is 33.5 Å². The van der Waals surface area contributed by atoms with E-state index in [0.29, 0.717) is 11.3 Å². The topological polar surface area (TPSA) is 47.6 Å². The van der Waals surface area contributed by atoms with Gasteiger partial charge < -0.3 is 9.47 Å². The van der Waals surface area contributed by atoms with E-state index in [1.807, 2.05) is 19.1 Å². The van der Waals surface area contributed by atoms with Gasteiger partial charge in [0.15, 0.2) is 0 Å². The number of carbonyl (C=O) groups is 1. The number of alkyl halides is 2. The first-order valence-electron chi connectivity index (χ1n) is 7.65. The molecule has 2 rings (SSSR count). The number of anilines is 1. The number of aryl methyl sites for hydroxylation is 2. The van der Waals surface area contributed by atoms with Gasteiger partial charge in [0.2, 0.25) is 0 Å². The van der Waals surface area contributed by atoms with E-state index >= 15 is 0 Å². The summed E-state index contributed by atoms with van der Waals surface area (Å²) in [4.78, 5) is 11.4. The van der Waals surface area contributed by atoms with E-state index in [0.717, 1.165) is 22.2 Å². The maximum atomic E-state index is 12.1. The number of ether oxygens (including phenoxy) is 2. The minimum atomic E-state index is -3.17. The molecule has 0 aromatic heterocycles. The second kappa shape index (κ2) is 8.80. The van der Waals surface area contributed by atoms with E-state index in [1.165, 1.54) is 5.56 Å². The van der Waals surface area contributed by atoms with Crippen LogP contribution in [-0.2, 0) is 17.8 Å². The van der Waals surface area contributed by atoms with Crippen LogP contribution in [0.1, 0.15) is 23.6 Å². The van der Waals surface area contributed by atoms with E-state index in [1.54, 1.807) is 18.2 Å². The Bertz CT molecular complexity index is 753. The van der Waals surface area contributed by atoms with Gasteiger partial charge in [-0.15, -0.1) is 0 Å². The Labute approximate surface area is 153 Å². The third kappa shape index (κ3) is 5.70. The fourth-order valence-corrected chi connectivity index (χ4v) is 2.68. The third-order valence-corrected chi connectivity index (χ3v) is 4.02. The molecule has 0 aliphatic heterocycles. The van der Waals surface area contributed by atoms with E-state index in [9.17, 15) is 13.6 Å². The van der Waals surface area contributed by atoms with Crippen molar-refractivity contribution in [2.24, 2.45) is 0 Å². The van der Waals surface area contributed by atoms with E-state index in [2.05, 4.69) is 39.0 Å². The van der Waals surface area contributed by atoms with Crippen molar-refractivity contribution in [2.75, 3.05) is 5.32 Å². The fraction of sp³-hybridized carbons (Fsp3) is 0.278. The number of nitrogens with one attached hydrogen (secondary N) is 1. The number of amides is 1. The fourth-order valence-electron chi connectivity index (χ4n) is 2.27. The quantitative estimate of drug-likeness (QED) is 0.663. The van der Waals surface area contributed by atoms with E-state index in [4.69, 9.17) is 4.74 Å². The average molecular weight is 414 g/mol. The molecule has 0 spiro atoms. The van der Waals surface area contributed by atoms with Gasteiger partial charge in [-0.2, -0.15) is 8.78 Å². The van der Waals surface area contributed by atoms with Crippen LogP contribution in [0.25, 0.3) is 0 Å². The number of hydrogen-bond donors (Lipinski definition) is 1. The molecule has 0 aliphatic rings. The highest BCUT2D eigenvalue weighted by Crippen LogP contribution is 2.25. The molecule has 1 amide bonds. The first-order chi connectivity index (χ1) is 11.9. The molecule has 25 heavy (non-hydrogen) atoms. The van der Waals surface area contributed by atoms with Gasteiger partial charge in [0.05, 0.1) is 5.69 Å². The lowest BCUT2D eigenvalue weighted by Gasteiger charge is -2.14. The van der Waals surface area contributed by atoms with Gasteiger partial charge >= 0.3 is 12.7 Å². The standard InChI is InChI=1S/C18H18BrF2NO3/c1-3-12-4-7-16(11(2)8-12)24-10-13-9-14(19)5-6-15(13)22-18(23)25-17(20)21/h4-9,17H,3,10H2,1-2H3,(H,22,23). The highest BCUT2D eigenvalue weighted by Gasteiger charge is 2.13. The molecular weight excluding hydrogens is 396 g/mol. The van der Waals surface area contributed by atoms with E-state index < -0.39 is 12.7 Å². The summed E-state index contributed by atoms with van der Waals surface area (Å²) in [6, 6.07) is 10.9. The minimum absolute atomic E-state index is 0.163. The van der Waals surface area contributed by atoms with Gasteiger partial charge in [0.25, 0.3) is 0 Å². The van der Waals surface area contributed by atoms with Gasteiger partial charge in [-0.3, -0.25) is 5.32 Å². The van der Waals surface area contributed by atoms with E-state index in [-0.39, 0.29) is 6.61 Å². The zero-order valence-electron chi connectivity index (χ0n) is 13.8. The molecular formula is C18H18BrF2NO3. The third-order valence-electron chi connectivity index (χ3n) is 3.53. The van der Waals surface area contributed by atoms with Gasteiger partial charge in [0.1, 0.15) is 12.4 Å². The summed E-state index contributed by atoms with van der Waals surface area (Å²) in [7, 11) is 0. The Morgan fingerprint density at radius 3 is 2.64 bits per heavy atom. The molecule has 0 aliphatic carbocycles. The van der Waals surface area contributed by atoms with Crippen LogP contribution in [0.4, 0.5) is 19.3 Å². The summed E-state index contributed by atoms with van der Waals surface area (Å²) in [6.45, 7) is 1.02. The second-order valence-corrected chi connectivity index (χ2v) is 6.25. The van der Waals surface area contributed by atoms with Crippen LogP contribution in [0.15, 0.2) is 40.9 Å². The molecule has 1 N–H and O–H groups in total. The molecule has 0 radical (unpaired) electrons. The Kier molecular flexibility index (Phi) is 6.75. The minimum Gasteiger partial charge on any atom is -0.489 e. The molecule has 0 unspecified atom stereocenters. The predicted octanol–water partition coefficient (Wildman–Crippen LogP) is 5.67. The van der Waals surface area contributed by atoms with Crippen LogP contribution in [-0.4, -0.2) is 12.7 Å². The largest absolute Gasteiger partial charge is 0.489 e. The summed E-state index contributed by atoms with van der Waals surface area (Å²) in [6.07, 6.45) is -0.283. The lowest BCUT2D eigenvalue weighted by Crippen LogP contribution is -2.18. The lowest BCUT2D eigenvalue weighted by atomic mass is 10.1. The summed E-state index contributed by atoms with van der Waals surface area (Å²) < 4.78 is 34.6. The highest BCUT2D eigenvalue weighted by atomic mass is 79.9.